The number of carbonyl (C=O) groups is 3. The summed E-state index contributed by atoms with van der Waals surface area (Å²) >= 11 is 7.26. The number of nitrogens with zero attached hydrogens (tertiary/aromatic N) is 3. The van der Waals surface area contributed by atoms with Crippen molar-refractivity contribution in [1.29, 1.82) is 0 Å². The molecule has 1 unspecified atom stereocenters. The van der Waals surface area contributed by atoms with Crippen molar-refractivity contribution in [2.45, 2.75) is 25.3 Å². The second-order valence-electron chi connectivity index (χ2n) is 6.97. The second kappa shape index (κ2) is 7.77. The molecule has 2 aromatic rings. The standard InChI is InChI=1S/C19H18ClN5O4S/c1-8-9(2)23-13-5-10(3-4-12(13)22-8)21-6-14(26)24-15-17(27)25-16(19(28)29)11(20)7-30-18(15)25/h3-5,15,18,21H,6-7H2,1-2H3,(H,24,26)(H,28,29)/t15?,18-/m0/s1. The molecular formula is C19H18ClN5O4S. The Morgan fingerprint density at radius 1 is 1.27 bits per heavy atom. The average molecular weight is 448 g/mol. The van der Waals surface area contributed by atoms with Crippen LogP contribution in [0.5, 0.6) is 0 Å². The summed E-state index contributed by atoms with van der Waals surface area (Å²) in [4.78, 5) is 46.2. The van der Waals surface area contributed by atoms with Crippen LogP contribution in [0.2, 0.25) is 0 Å². The molecule has 1 fully saturated rings. The van der Waals surface area contributed by atoms with Crippen molar-refractivity contribution in [3.63, 3.8) is 0 Å². The van der Waals surface area contributed by atoms with E-state index < -0.39 is 23.3 Å². The molecule has 2 atom stereocenters. The number of amides is 2. The molecule has 0 aliphatic carbocycles. The molecule has 3 heterocycles. The van der Waals surface area contributed by atoms with Crippen LogP contribution in [-0.4, -0.2) is 61.5 Å². The topological polar surface area (TPSA) is 125 Å². The number of thioether (sulfide) groups is 1. The van der Waals surface area contributed by atoms with Gasteiger partial charge in [-0.15, -0.1) is 11.8 Å². The van der Waals surface area contributed by atoms with Gasteiger partial charge in [-0.2, -0.15) is 0 Å². The molecule has 0 radical (unpaired) electrons. The number of carbonyl (C=O) groups excluding carboxylic acids is 2. The molecule has 9 nitrogen and oxygen atoms in total. The van der Waals surface area contributed by atoms with Gasteiger partial charge >= 0.3 is 5.97 Å². The highest BCUT2D eigenvalue weighted by Crippen LogP contribution is 2.41. The number of benzene rings is 1. The van der Waals surface area contributed by atoms with Crippen LogP contribution in [0, 0.1) is 13.8 Å². The van der Waals surface area contributed by atoms with E-state index in [4.69, 9.17) is 11.6 Å². The maximum absolute atomic E-state index is 12.4. The highest BCUT2D eigenvalue weighted by Gasteiger charge is 2.54. The van der Waals surface area contributed by atoms with E-state index in [0.29, 0.717) is 5.69 Å². The van der Waals surface area contributed by atoms with Gasteiger partial charge in [0.15, 0.2) is 0 Å². The van der Waals surface area contributed by atoms with Crippen molar-refractivity contribution in [2.24, 2.45) is 0 Å². The fourth-order valence-electron chi connectivity index (χ4n) is 3.33. The van der Waals surface area contributed by atoms with Crippen LogP contribution < -0.4 is 10.6 Å². The summed E-state index contributed by atoms with van der Waals surface area (Å²) in [5.41, 5.74) is 3.68. The van der Waals surface area contributed by atoms with E-state index in [9.17, 15) is 19.5 Å². The van der Waals surface area contributed by atoms with E-state index in [1.54, 1.807) is 12.1 Å². The number of fused-ring (bicyclic) bond motifs is 2. The largest absolute Gasteiger partial charge is 0.477 e. The number of nitrogens with one attached hydrogen (secondary N) is 2. The Labute approximate surface area is 180 Å². The van der Waals surface area contributed by atoms with Gasteiger partial charge in [0, 0.05) is 11.4 Å². The predicted octanol–water partition coefficient (Wildman–Crippen LogP) is 1.59. The molecule has 0 spiro atoms. The zero-order valence-corrected chi connectivity index (χ0v) is 17.7. The van der Waals surface area contributed by atoms with Gasteiger partial charge in [-0.25, -0.2) is 14.8 Å². The van der Waals surface area contributed by atoms with Crippen LogP contribution in [-0.2, 0) is 14.4 Å². The minimum atomic E-state index is -1.25. The summed E-state index contributed by atoms with van der Waals surface area (Å²) in [5.74, 6) is -1.84. The number of anilines is 1. The number of rotatable bonds is 5. The Hall–Kier alpha value is -2.85. The van der Waals surface area contributed by atoms with Crippen LogP contribution in [0.1, 0.15) is 11.4 Å². The third-order valence-electron chi connectivity index (χ3n) is 4.97. The zero-order valence-electron chi connectivity index (χ0n) is 16.1. The molecule has 11 heteroatoms. The van der Waals surface area contributed by atoms with Gasteiger partial charge in [0.2, 0.25) is 5.91 Å². The van der Waals surface area contributed by atoms with E-state index in [1.165, 1.54) is 11.8 Å². The summed E-state index contributed by atoms with van der Waals surface area (Å²) in [7, 11) is 0. The summed E-state index contributed by atoms with van der Waals surface area (Å²) in [6.07, 6.45) is 0. The van der Waals surface area contributed by atoms with Gasteiger partial charge in [0.25, 0.3) is 5.91 Å². The van der Waals surface area contributed by atoms with E-state index in [0.717, 1.165) is 27.3 Å². The molecule has 1 aromatic heterocycles. The number of aromatic nitrogens is 2. The SMILES string of the molecule is Cc1nc2ccc(NCC(=O)NC3C(=O)N4C(C(=O)O)=C(Cl)CS[C@@H]34)cc2nc1C. The van der Waals surface area contributed by atoms with Gasteiger partial charge in [-0.3, -0.25) is 14.5 Å². The molecule has 0 saturated carbocycles. The molecule has 3 N–H and O–H groups in total. The number of carboxylic acids is 1. The molecule has 4 rings (SSSR count). The van der Waals surface area contributed by atoms with Crippen LogP contribution in [0.3, 0.4) is 0 Å². The molecule has 1 aromatic carbocycles. The number of β-lactam (4-membered cyclic amide) rings is 1. The maximum atomic E-state index is 12.4. The third-order valence-corrected chi connectivity index (χ3v) is 6.72. The van der Waals surface area contributed by atoms with Crippen molar-refractivity contribution >= 4 is 57.9 Å². The first-order chi connectivity index (χ1) is 14.3. The fraction of sp³-hybridized carbons (Fsp3) is 0.316. The van der Waals surface area contributed by atoms with Crippen molar-refractivity contribution in [3.8, 4) is 0 Å². The first-order valence-corrected chi connectivity index (χ1v) is 10.5. The fourth-order valence-corrected chi connectivity index (χ4v) is 4.88. The lowest BCUT2D eigenvalue weighted by molar-refractivity contribution is -0.150. The van der Waals surface area contributed by atoms with E-state index in [2.05, 4.69) is 20.6 Å². The molecule has 0 bridgehead atoms. The van der Waals surface area contributed by atoms with Gasteiger partial charge in [-0.05, 0) is 32.0 Å². The van der Waals surface area contributed by atoms with E-state index in [1.807, 2.05) is 19.9 Å². The lowest BCUT2D eigenvalue weighted by Crippen LogP contribution is -2.70. The van der Waals surface area contributed by atoms with Gasteiger partial charge in [0.05, 0.1) is 34.0 Å². The Balaban J connectivity index is 1.38. The first kappa shape index (κ1) is 20.4. The zero-order chi connectivity index (χ0) is 21.6. The Kier molecular flexibility index (Phi) is 5.29. The average Bonchev–Trinajstić information content (AvgIpc) is 2.70. The molecular weight excluding hydrogens is 430 g/mol. The number of aliphatic carboxylic acids is 1. The lowest BCUT2D eigenvalue weighted by atomic mass is 10.1. The van der Waals surface area contributed by atoms with E-state index in [-0.39, 0.29) is 28.9 Å². The summed E-state index contributed by atoms with van der Waals surface area (Å²) in [6, 6.07) is 4.65. The lowest BCUT2D eigenvalue weighted by Gasteiger charge is -2.48. The maximum Gasteiger partial charge on any atom is 0.353 e. The van der Waals surface area contributed by atoms with Crippen LogP contribution in [0.25, 0.3) is 11.0 Å². The number of aryl methyl sites for hydroxylation is 2. The second-order valence-corrected chi connectivity index (χ2v) is 8.53. The summed E-state index contributed by atoms with van der Waals surface area (Å²) in [6.45, 7) is 3.73. The number of hydrogen-bond donors (Lipinski definition) is 3. The van der Waals surface area contributed by atoms with Crippen molar-refractivity contribution in [1.82, 2.24) is 20.2 Å². The van der Waals surface area contributed by atoms with Crippen molar-refractivity contribution in [2.75, 3.05) is 17.6 Å². The normalized spacial score (nSPS) is 20.6. The minimum absolute atomic E-state index is 0.0483. The number of halogens is 1. The van der Waals surface area contributed by atoms with Crippen LogP contribution in [0.4, 0.5) is 5.69 Å². The summed E-state index contributed by atoms with van der Waals surface area (Å²) in [5, 5.41) is 14.6. The Bertz CT molecular complexity index is 1120. The van der Waals surface area contributed by atoms with Crippen LogP contribution >= 0.6 is 23.4 Å². The number of hydrogen-bond acceptors (Lipinski definition) is 7. The monoisotopic (exact) mass is 447 g/mol. The van der Waals surface area contributed by atoms with Gasteiger partial charge < -0.3 is 15.7 Å². The van der Waals surface area contributed by atoms with Gasteiger partial charge in [0.1, 0.15) is 17.1 Å². The third kappa shape index (κ3) is 3.56. The molecule has 1 saturated heterocycles. The predicted molar refractivity (Wildman–Crippen MR) is 113 cm³/mol. The van der Waals surface area contributed by atoms with E-state index >= 15 is 0 Å². The molecule has 30 heavy (non-hydrogen) atoms. The molecule has 2 amide bonds. The summed E-state index contributed by atoms with van der Waals surface area (Å²) < 4.78 is 0. The smallest absolute Gasteiger partial charge is 0.353 e. The Morgan fingerprint density at radius 2 is 1.97 bits per heavy atom. The highest BCUT2D eigenvalue weighted by molar-refractivity contribution is 8.00. The van der Waals surface area contributed by atoms with Gasteiger partial charge in [-0.1, -0.05) is 11.6 Å². The van der Waals surface area contributed by atoms with Crippen LogP contribution in [0.15, 0.2) is 28.9 Å². The molecule has 2 aliphatic rings. The quantitative estimate of drug-likeness (QED) is 0.590. The first-order valence-electron chi connectivity index (χ1n) is 9.11. The molecule has 2 aliphatic heterocycles. The number of carboxylic acid groups (broad SMARTS) is 1. The highest BCUT2D eigenvalue weighted by atomic mass is 35.5. The van der Waals surface area contributed by atoms with Crippen molar-refractivity contribution in [3.05, 3.63) is 40.3 Å². The molecule has 156 valence electrons. The van der Waals surface area contributed by atoms with Crippen molar-refractivity contribution < 1.29 is 19.5 Å². The Morgan fingerprint density at radius 3 is 2.67 bits per heavy atom. The minimum Gasteiger partial charge on any atom is -0.477 e.